The van der Waals surface area contributed by atoms with E-state index in [0.29, 0.717) is 11.1 Å². The van der Waals surface area contributed by atoms with E-state index < -0.39 is 0 Å². The van der Waals surface area contributed by atoms with Gasteiger partial charge in [0.25, 0.3) is 0 Å². The quantitative estimate of drug-likeness (QED) is 0.518. The average molecular weight is 318 g/mol. The predicted molar refractivity (Wildman–Crippen MR) is 86.9 cm³/mol. The highest BCUT2D eigenvalue weighted by molar-refractivity contribution is 7.80. The molecule has 0 aliphatic carbocycles. The fourth-order valence-electron chi connectivity index (χ4n) is 1.51. The van der Waals surface area contributed by atoms with E-state index in [9.17, 15) is 8.78 Å². The first-order valence-corrected chi connectivity index (χ1v) is 6.69. The number of hydrogen-bond acceptors (Lipinski definition) is 3. The Labute approximate surface area is 131 Å². The molecule has 0 amide bonds. The number of halogens is 2. The number of nitrogens with zero attached hydrogens (tertiary/aromatic N) is 2. The van der Waals surface area contributed by atoms with Gasteiger partial charge in [-0.1, -0.05) is 36.4 Å². The van der Waals surface area contributed by atoms with Crippen LogP contribution in [0.5, 0.6) is 0 Å². The molecule has 0 aliphatic heterocycles. The molecule has 4 nitrogen and oxygen atoms in total. The summed E-state index contributed by atoms with van der Waals surface area (Å²) in [6.07, 6.45) is 2.59. The summed E-state index contributed by atoms with van der Waals surface area (Å²) in [5.41, 5.74) is 5.60. The first-order valence-electron chi connectivity index (χ1n) is 6.28. The zero-order valence-corrected chi connectivity index (χ0v) is 12.1. The second-order valence-electron chi connectivity index (χ2n) is 4.11. The van der Waals surface area contributed by atoms with Gasteiger partial charge in [0.05, 0.1) is 12.4 Å². The molecule has 0 unspecified atom stereocenters. The van der Waals surface area contributed by atoms with Crippen molar-refractivity contribution in [3.63, 3.8) is 0 Å². The van der Waals surface area contributed by atoms with Gasteiger partial charge in [0.2, 0.25) is 5.11 Å². The molecular weight excluding hydrogens is 306 g/mol. The Morgan fingerprint density at radius 1 is 0.818 bits per heavy atom. The van der Waals surface area contributed by atoms with Crippen LogP contribution in [0, 0.1) is 11.6 Å². The number of hydrogen-bond donors (Lipinski definition) is 2. The summed E-state index contributed by atoms with van der Waals surface area (Å²) in [7, 11) is 0. The zero-order valence-electron chi connectivity index (χ0n) is 11.3. The van der Waals surface area contributed by atoms with Crippen molar-refractivity contribution in [3.8, 4) is 0 Å². The first-order chi connectivity index (χ1) is 10.7. The summed E-state index contributed by atoms with van der Waals surface area (Å²) in [5, 5.41) is 7.66. The Balaban J connectivity index is 1.84. The largest absolute Gasteiger partial charge is 0.252 e. The fraction of sp³-hybridized carbons (Fsp3) is 0. The molecule has 0 radical (unpaired) electrons. The maximum absolute atomic E-state index is 13.3. The number of hydrazone groups is 2. The molecule has 0 spiro atoms. The highest BCUT2D eigenvalue weighted by atomic mass is 32.1. The van der Waals surface area contributed by atoms with Crippen molar-refractivity contribution in [2.24, 2.45) is 10.2 Å². The third-order valence-corrected chi connectivity index (χ3v) is 2.73. The van der Waals surface area contributed by atoms with Gasteiger partial charge in [0.1, 0.15) is 11.6 Å². The molecule has 0 saturated heterocycles. The lowest BCUT2D eigenvalue weighted by atomic mass is 10.2. The summed E-state index contributed by atoms with van der Waals surface area (Å²) in [4.78, 5) is 0. The van der Waals surface area contributed by atoms with Crippen molar-refractivity contribution >= 4 is 29.8 Å². The number of thiocarbonyl (C=S) groups is 1. The lowest BCUT2D eigenvalue weighted by molar-refractivity contribution is 0.625. The molecule has 0 atom stereocenters. The zero-order chi connectivity index (χ0) is 15.8. The van der Waals surface area contributed by atoms with Crippen molar-refractivity contribution in [2.45, 2.75) is 0 Å². The van der Waals surface area contributed by atoms with Gasteiger partial charge in [-0.05, 0) is 24.4 Å². The Morgan fingerprint density at radius 3 is 1.64 bits per heavy atom. The van der Waals surface area contributed by atoms with Crippen LogP contribution in [0.1, 0.15) is 11.1 Å². The van der Waals surface area contributed by atoms with Gasteiger partial charge in [-0.3, -0.25) is 10.9 Å². The van der Waals surface area contributed by atoms with Gasteiger partial charge in [0, 0.05) is 11.1 Å². The van der Waals surface area contributed by atoms with Crippen LogP contribution < -0.4 is 10.9 Å². The molecule has 22 heavy (non-hydrogen) atoms. The Morgan fingerprint density at radius 2 is 1.23 bits per heavy atom. The van der Waals surface area contributed by atoms with Crippen LogP contribution in [0.4, 0.5) is 8.78 Å². The van der Waals surface area contributed by atoms with Crippen LogP contribution in [0.2, 0.25) is 0 Å². The minimum absolute atomic E-state index is 0.0974. The highest BCUT2D eigenvalue weighted by Gasteiger charge is 1.97. The van der Waals surface area contributed by atoms with Gasteiger partial charge in [-0.25, -0.2) is 8.78 Å². The van der Waals surface area contributed by atoms with Gasteiger partial charge < -0.3 is 0 Å². The summed E-state index contributed by atoms with van der Waals surface area (Å²) in [6, 6.07) is 12.4. The molecule has 0 bridgehead atoms. The van der Waals surface area contributed by atoms with Gasteiger partial charge in [0.15, 0.2) is 0 Å². The molecule has 2 aromatic carbocycles. The maximum atomic E-state index is 13.3. The smallest absolute Gasteiger partial charge is 0.207 e. The van der Waals surface area contributed by atoms with E-state index in [1.165, 1.54) is 24.6 Å². The highest BCUT2D eigenvalue weighted by Crippen LogP contribution is 2.03. The molecular formula is C15H12F2N4S. The van der Waals surface area contributed by atoms with Gasteiger partial charge in [-0.15, -0.1) is 0 Å². The molecule has 7 heteroatoms. The molecule has 2 aromatic rings. The first kappa shape index (κ1) is 15.7. The number of benzene rings is 2. The molecule has 0 aromatic heterocycles. The number of rotatable bonds is 4. The van der Waals surface area contributed by atoms with Crippen LogP contribution in [0.15, 0.2) is 58.7 Å². The fourth-order valence-corrected chi connectivity index (χ4v) is 1.61. The monoisotopic (exact) mass is 318 g/mol. The van der Waals surface area contributed by atoms with E-state index in [1.54, 1.807) is 36.4 Å². The Bertz CT molecular complexity index is 657. The Hall–Kier alpha value is -2.67. The second-order valence-corrected chi connectivity index (χ2v) is 4.52. The van der Waals surface area contributed by atoms with Crippen molar-refractivity contribution < 1.29 is 8.78 Å². The van der Waals surface area contributed by atoms with Crippen LogP contribution in [-0.2, 0) is 0 Å². The van der Waals surface area contributed by atoms with E-state index in [1.807, 2.05) is 0 Å². The number of nitrogens with one attached hydrogen (secondary N) is 2. The molecule has 2 rings (SSSR count). The summed E-state index contributed by atoms with van der Waals surface area (Å²) < 4.78 is 26.6. The van der Waals surface area contributed by atoms with E-state index in [0.717, 1.165) is 0 Å². The van der Waals surface area contributed by atoms with Crippen LogP contribution in [0.25, 0.3) is 0 Å². The standard InChI is InChI=1S/C15H12F2N4S/c16-13-7-3-1-5-11(13)9-18-20-15(22)21-19-10-12-6-2-4-8-14(12)17/h1-10H,(H2,20,21,22). The molecule has 0 heterocycles. The summed E-state index contributed by atoms with van der Waals surface area (Å²) in [5.74, 6) is -0.769. The van der Waals surface area contributed by atoms with E-state index in [-0.39, 0.29) is 16.7 Å². The van der Waals surface area contributed by atoms with E-state index in [2.05, 4.69) is 21.1 Å². The average Bonchev–Trinajstić information content (AvgIpc) is 2.51. The topological polar surface area (TPSA) is 48.8 Å². The van der Waals surface area contributed by atoms with Crippen LogP contribution >= 0.6 is 12.2 Å². The van der Waals surface area contributed by atoms with E-state index >= 15 is 0 Å². The predicted octanol–water partition coefficient (Wildman–Crippen LogP) is 2.80. The van der Waals surface area contributed by atoms with E-state index in [4.69, 9.17) is 12.2 Å². The van der Waals surface area contributed by atoms with Gasteiger partial charge in [-0.2, -0.15) is 10.2 Å². The molecule has 0 fully saturated rings. The Kier molecular flexibility index (Phi) is 5.67. The van der Waals surface area contributed by atoms with Crippen molar-refractivity contribution in [1.29, 1.82) is 0 Å². The normalized spacial score (nSPS) is 11.0. The third-order valence-electron chi connectivity index (χ3n) is 2.55. The van der Waals surface area contributed by atoms with Crippen molar-refractivity contribution in [1.82, 2.24) is 10.9 Å². The summed E-state index contributed by atoms with van der Waals surface area (Å²) >= 11 is 4.91. The maximum Gasteiger partial charge on any atom is 0.207 e. The van der Waals surface area contributed by atoms with Crippen LogP contribution in [0.3, 0.4) is 0 Å². The van der Waals surface area contributed by atoms with Crippen LogP contribution in [-0.4, -0.2) is 17.5 Å². The lowest BCUT2D eigenvalue weighted by Gasteiger charge is -2.01. The SMILES string of the molecule is Fc1ccccc1C=NNC(=S)NN=Cc1ccccc1F. The van der Waals surface area contributed by atoms with Gasteiger partial charge >= 0.3 is 0 Å². The molecule has 112 valence electrons. The van der Waals surface area contributed by atoms with Crippen molar-refractivity contribution in [3.05, 3.63) is 71.3 Å². The lowest BCUT2D eigenvalue weighted by Crippen LogP contribution is -2.28. The molecule has 2 N–H and O–H groups in total. The summed E-state index contributed by atoms with van der Waals surface area (Å²) in [6.45, 7) is 0. The van der Waals surface area contributed by atoms with Crippen molar-refractivity contribution in [2.75, 3.05) is 0 Å². The molecule has 0 aliphatic rings. The molecule has 0 saturated carbocycles. The third kappa shape index (κ3) is 4.71. The minimum Gasteiger partial charge on any atom is -0.252 e. The second kappa shape index (κ2) is 7.94. The minimum atomic E-state index is -0.385.